The molecule has 0 aromatic heterocycles. The number of benzene rings is 1. The molecule has 21 heavy (non-hydrogen) atoms. The minimum Gasteiger partial charge on any atom is -0.355 e. The van der Waals surface area contributed by atoms with Crippen molar-refractivity contribution in [2.75, 3.05) is 11.9 Å². The first-order valence-electron chi connectivity index (χ1n) is 6.99. The second-order valence-electron chi connectivity index (χ2n) is 4.93. The molecule has 0 radical (unpaired) electrons. The van der Waals surface area contributed by atoms with Crippen molar-refractivity contribution in [3.63, 3.8) is 0 Å². The van der Waals surface area contributed by atoms with Crippen molar-refractivity contribution in [2.24, 2.45) is 0 Å². The third-order valence-electron chi connectivity index (χ3n) is 3.57. The van der Waals surface area contributed by atoms with E-state index in [1.54, 1.807) is 0 Å². The molecule has 4 heteroatoms. The number of carbonyl (C=O) groups excluding carboxylic acids is 1. The van der Waals surface area contributed by atoms with E-state index in [0.29, 0.717) is 11.9 Å². The maximum Gasteiger partial charge on any atom is 0.230 e. The van der Waals surface area contributed by atoms with Gasteiger partial charge < -0.3 is 5.32 Å². The van der Waals surface area contributed by atoms with Gasteiger partial charge in [0.15, 0.2) is 0 Å². The molecule has 1 N–H and O–H groups in total. The second kappa shape index (κ2) is 6.67. The van der Waals surface area contributed by atoms with Gasteiger partial charge in [0.25, 0.3) is 0 Å². The van der Waals surface area contributed by atoms with E-state index in [0.717, 1.165) is 12.8 Å². The molecule has 1 heterocycles. The van der Waals surface area contributed by atoms with Crippen molar-refractivity contribution in [3.8, 4) is 0 Å². The lowest BCUT2D eigenvalue weighted by Crippen LogP contribution is -2.25. The summed E-state index contributed by atoms with van der Waals surface area (Å²) in [6.45, 7) is 0.670. The van der Waals surface area contributed by atoms with Gasteiger partial charge in [0, 0.05) is 16.3 Å². The standard InChI is InChI=1S/C17H16BrNOS/c18-11-17(20)19-10-9-12-13-5-1-3-7-15(13)21-16-8-4-2-6-14(12)16/h1-3,5-8H,4,9-11H2,(H,19,20). The Labute approximate surface area is 137 Å². The van der Waals surface area contributed by atoms with Crippen LogP contribution in [0.4, 0.5) is 0 Å². The van der Waals surface area contributed by atoms with Crippen LogP contribution in [0.3, 0.4) is 0 Å². The normalized spacial score (nSPS) is 16.1. The number of hydrogen-bond acceptors (Lipinski definition) is 2. The number of rotatable bonds is 4. The molecule has 0 unspecified atom stereocenters. The highest BCUT2D eigenvalue weighted by Gasteiger charge is 2.22. The molecule has 1 aliphatic heterocycles. The number of allylic oxidation sites excluding steroid dienone is 4. The molecule has 3 rings (SSSR count). The van der Waals surface area contributed by atoms with Crippen LogP contribution in [-0.4, -0.2) is 17.8 Å². The summed E-state index contributed by atoms with van der Waals surface area (Å²) in [6.07, 6.45) is 8.56. The fourth-order valence-corrected chi connectivity index (χ4v) is 3.97. The first-order valence-corrected chi connectivity index (χ1v) is 8.93. The van der Waals surface area contributed by atoms with Crippen molar-refractivity contribution in [1.29, 1.82) is 0 Å². The van der Waals surface area contributed by atoms with Crippen LogP contribution in [0.25, 0.3) is 5.57 Å². The molecule has 2 nitrogen and oxygen atoms in total. The zero-order valence-corrected chi connectivity index (χ0v) is 14.0. The molecule has 0 fully saturated rings. The third-order valence-corrected chi connectivity index (χ3v) is 5.26. The Bertz CT molecular complexity index is 661. The zero-order valence-electron chi connectivity index (χ0n) is 11.6. The SMILES string of the molecule is O=C(CBr)NCCC1=C2C=CCC=C2Sc2ccccc21. The van der Waals surface area contributed by atoms with Gasteiger partial charge in [-0.2, -0.15) is 0 Å². The highest BCUT2D eigenvalue weighted by atomic mass is 79.9. The lowest BCUT2D eigenvalue weighted by molar-refractivity contribution is -0.118. The highest BCUT2D eigenvalue weighted by Crippen LogP contribution is 2.47. The molecule has 0 atom stereocenters. The van der Waals surface area contributed by atoms with E-state index < -0.39 is 0 Å². The van der Waals surface area contributed by atoms with Crippen LogP contribution in [0.5, 0.6) is 0 Å². The molecule has 1 aromatic carbocycles. The van der Waals surface area contributed by atoms with Crippen molar-refractivity contribution >= 4 is 39.2 Å². The van der Waals surface area contributed by atoms with Crippen molar-refractivity contribution in [3.05, 3.63) is 58.5 Å². The van der Waals surface area contributed by atoms with Gasteiger partial charge in [0.1, 0.15) is 0 Å². The van der Waals surface area contributed by atoms with Gasteiger partial charge in [-0.05, 0) is 35.6 Å². The predicted octanol–water partition coefficient (Wildman–Crippen LogP) is 4.29. The average molecular weight is 362 g/mol. The van der Waals surface area contributed by atoms with Crippen molar-refractivity contribution in [2.45, 2.75) is 17.7 Å². The van der Waals surface area contributed by atoms with Crippen LogP contribution >= 0.6 is 27.7 Å². The maximum absolute atomic E-state index is 11.4. The molecule has 1 aromatic rings. The molecule has 0 bridgehead atoms. The Hall–Kier alpha value is -1.26. The molecule has 108 valence electrons. The monoisotopic (exact) mass is 361 g/mol. The van der Waals surface area contributed by atoms with Crippen LogP contribution in [-0.2, 0) is 4.79 Å². The summed E-state index contributed by atoms with van der Waals surface area (Å²) in [5.41, 5.74) is 3.95. The number of alkyl halides is 1. The fraction of sp³-hybridized carbons (Fsp3) is 0.235. The Morgan fingerprint density at radius 1 is 1.33 bits per heavy atom. The Kier molecular flexibility index (Phi) is 4.66. The van der Waals surface area contributed by atoms with E-state index in [1.165, 1.54) is 26.5 Å². The molecular weight excluding hydrogens is 346 g/mol. The number of thioether (sulfide) groups is 1. The number of amides is 1. The largest absolute Gasteiger partial charge is 0.355 e. The molecule has 0 saturated carbocycles. The van der Waals surface area contributed by atoms with E-state index >= 15 is 0 Å². The van der Waals surface area contributed by atoms with Crippen molar-refractivity contribution in [1.82, 2.24) is 5.32 Å². The summed E-state index contributed by atoms with van der Waals surface area (Å²) >= 11 is 5.02. The topological polar surface area (TPSA) is 29.1 Å². The minimum atomic E-state index is 0.0361. The van der Waals surface area contributed by atoms with E-state index in [2.05, 4.69) is 63.7 Å². The zero-order chi connectivity index (χ0) is 14.7. The van der Waals surface area contributed by atoms with Gasteiger partial charge in [0.2, 0.25) is 5.91 Å². The average Bonchev–Trinajstić information content (AvgIpc) is 2.54. The smallest absolute Gasteiger partial charge is 0.230 e. The van der Waals surface area contributed by atoms with Crippen LogP contribution in [0.1, 0.15) is 18.4 Å². The number of carbonyl (C=O) groups is 1. The fourth-order valence-electron chi connectivity index (χ4n) is 2.61. The van der Waals surface area contributed by atoms with Crippen molar-refractivity contribution < 1.29 is 4.79 Å². The van der Waals surface area contributed by atoms with Gasteiger partial charge in [0.05, 0.1) is 5.33 Å². The summed E-state index contributed by atoms with van der Waals surface area (Å²) in [4.78, 5) is 14.0. The summed E-state index contributed by atoms with van der Waals surface area (Å²) in [5, 5.41) is 3.29. The molecule has 0 spiro atoms. The van der Waals surface area contributed by atoms with Gasteiger partial charge in [-0.1, -0.05) is 64.1 Å². The first-order chi connectivity index (χ1) is 10.3. The predicted molar refractivity (Wildman–Crippen MR) is 92.5 cm³/mol. The number of fused-ring (bicyclic) bond motifs is 2. The van der Waals surface area contributed by atoms with Crippen LogP contribution in [0, 0.1) is 0 Å². The van der Waals surface area contributed by atoms with Gasteiger partial charge in [-0.15, -0.1) is 0 Å². The van der Waals surface area contributed by atoms with Gasteiger partial charge >= 0.3 is 0 Å². The number of nitrogens with one attached hydrogen (secondary N) is 1. The summed E-state index contributed by atoms with van der Waals surface area (Å²) in [5.74, 6) is 0.0361. The summed E-state index contributed by atoms with van der Waals surface area (Å²) in [7, 11) is 0. The highest BCUT2D eigenvalue weighted by molar-refractivity contribution is 9.09. The maximum atomic E-state index is 11.4. The first kappa shape index (κ1) is 14.7. The molecule has 1 amide bonds. The van der Waals surface area contributed by atoms with E-state index in [4.69, 9.17) is 0 Å². The Balaban J connectivity index is 1.90. The number of hydrogen-bond donors (Lipinski definition) is 1. The number of halogens is 1. The van der Waals surface area contributed by atoms with Gasteiger partial charge in [-0.3, -0.25) is 4.79 Å². The lowest BCUT2D eigenvalue weighted by atomic mass is 9.93. The molecule has 0 saturated heterocycles. The van der Waals surface area contributed by atoms with E-state index in [-0.39, 0.29) is 5.91 Å². The molecule has 1 aliphatic carbocycles. The minimum absolute atomic E-state index is 0.0361. The van der Waals surface area contributed by atoms with E-state index in [9.17, 15) is 4.79 Å². The second-order valence-corrected chi connectivity index (χ2v) is 6.57. The lowest BCUT2D eigenvalue weighted by Gasteiger charge is -2.25. The van der Waals surface area contributed by atoms with Crippen LogP contribution in [0.15, 0.2) is 57.9 Å². The summed E-state index contributed by atoms with van der Waals surface area (Å²) < 4.78 is 0. The molecular formula is C17H16BrNOS. The Morgan fingerprint density at radius 2 is 2.19 bits per heavy atom. The van der Waals surface area contributed by atoms with E-state index in [1.807, 2.05) is 11.8 Å². The quantitative estimate of drug-likeness (QED) is 0.810. The van der Waals surface area contributed by atoms with Gasteiger partial charge in [-0.25, -0.2) is 0 Å². The van der Waals surface area contributed by atoms with Crippen LogP contribution in [0.2, 0.25) is 0 Å². The summed E-state index contributed by atoms with van der Waals surface area (Å²) in [6, 6.07) is 8.52. The third kappa shape index (κ3) is 3.16. The Morgan fingerprint density at radius 3 is 3.05 bits per heavy atom. The molecule has 2 aliphatic rings. The van der Waals surface area contributed by atoms with Crippen LogP contribution < -0.4 is 5.32 Å².